The summed E-state index contributed by atoms with van der Waals surface area (Å²) in [7, 11) is 3.70. The molecule has 0 bridgehead atoms. The summed E-state index contributed by atoms with van der Waals surface area (Å²) in [4.78, 5) is 17.3. The zero-order valence-electron chi connectivity index (χ0n) is 16.0. The van der Waals surface area contributed by atoms with E-state index in [1.807, 2.05) is 17.9 Å². The fourth-order valence-corrected chi connectivity index (χ4v) is 3.36. The first-order valence-electron chi connectivity index (χ1n) is 9.00. The Morgan fingerprint density at radius 2 is 2.18 bits per heavy atom. The van der Waals surface area contributed by atoms with Crippen LogP contribution in [0, 0.1) is 10.1 Å². The van der Waals surface area contributed by atoms with Gasteiger partial charge in [0.2, 0.25) is 0 Å². The molecular weight excluding hydrogens is 473 g/mol. The highest BCUT2D eigenvalue weighted by molar-refractivity contribution is 14.0. The van der Waals surface area contributed by atoms with Crippen molar-refractivity contribution in [3.05, 3.63) is 52.3 Å². The highest BCUT2D eigenvalue weighted by Crippen LogP contribution is 2.26. The summed E-state index contributed by atoms with van der Waals surface area (Å²) < 4.78 is 1.83. The van der Waals surface area contributed by atoms with E-state index < -0.39 is 0 Å². The summed E-state index contributed by atoms with van der Waals surface area (Å²) in [6.45, 7) is 3.02. The van der Waals surface area contributed by atoms with Gasteiger partial charge in [-0.1, -0.05) is 12.1 Å². The van der Waals surface area contributed by atoms with Crippen molar-refractivity contribution >= 4 is 41.3 Å². The van der Waals surface area contributed by atoms with E-state index in [2.05, 4.69) is 31.8 Å². The van der Waals surface area contributed by atoms with Crippen LogP contribution in [-0.2, 0) is 7.05 Å². The molecule has 1 aliphatic heterocycles. The van der Waals surface area contributed by atoms with Gasteiger partial charge in [-0.25, -0.2) is 0 Å². The van der Waals surface area contributed by atoms with Crippen molar-refractivity contribution in [3.8, 4) is 0 Å². The van der Waals surface area contributed by atoms with Gasteiger partial charge in [0.25, 0.3) is 5.69 Å². The molecule has 0 spiro atoms. The smallest absolute Gasteiger partial charge is 0.292 e. The predicted molar refractivity (Wildman–Crippen MR) is 121 cm³/mol. The first kappa shape index (κ1) is 21.9. The Labute approximate surface area is 181 Å². The van der Waals surface area contributed by atoms with Gasteiger partial charge in [0, 0.05) is 58.5 Å². The second kappa shape index (κ2) is 10.2. The fraction of sp³-hybridized carbons (Fsp3) is 0.444. The van der Waals surface area contributed by atoms with Gasteiger partial charge in [-0.05, 0) is 18.1 Å². The molecule has 152 valence electrons. The molecule has 2 heterocycles. The summed E-state index contributed by atoms with van der Waals surface area (Å²) in [5.41, 5.74) is 1.87. The van der Waals surface area contributed by atoms with Gasteiger partial charge in [-0.2, -0.15) is 5.10 Å². The van der Waals surface area contributed by atoms with Gasteiger partial charge in [-0.15, -0.1) is 24.0 Å². The van der Waals surface area contributed by atoms with Gasteiger partial charge in [0.05, 0.1) is 11.1 Å². The number of halogens is 1. The number of nitrogens with one attached hydrogen (secondary N) is 2. The Hall–Kier alpha value is -2.37. The normalized spacial score (nSPS) is 16.6. The molecule has 2 aromatic rings. The molecule has 0 aliphatic carbocycles. The summed E-state index contributed by atoms with van der Waals surface area (Å²) in [5.74, 6) is 1.31. The molecule has 1 unspecified atom stereocenters. The Bertz CT molecular complexity index is 824. The van der Waals surface area contributed by atoms with Crippen molar-refractivity contribution in [1.82, 2.24) is 20.0 Å². The lowest BCUT2D eigenvalue weighted by Crippen LogP contribution is -2.41. The summed E-state index contributed by atoms with van der Waals surface area (Å²) in [6, 6.07) is 6.66. The van der Waals surface area contributed by atoms with Crippen molar-refractivity contribution in [2.75, 3.05) is 38.5 Å². The van der Waals surface area contributed by atoms with Crippen LogP contribution in [0.2, 0.25) is 0 Å². The monoisotopic (exact) mass is 499 g/mol. The number of aryl methyl sites for hydroxylation is 1. The van der Waals surface area contributed by atoms with Crippen LogP contribution in [0.4, 0.5) is 11.4 Å². The zero-order chi connectivity index (χ0) is 19.2. The minimum atomic E-state index is -0.377. The number of guanidine groups is 1. The highest BCUT2D eigenvalue weighted by atomic mass is 127. The fourth-order valence-electron chi connectivity index (χ4n) is 3.36. The Morgan fingerprint density at radius 1 is 1.39 bits per heavy atom. The first-order chi connectivity index (χ1) is 13.1. The predicted octanol–water partition coefficient (Wildman–Crippen LogP) is 2.42. The molecule has 0 saturated carbocycles. The lowest BCUT2D eigenvalue weighted by atomic mass is 10.0. The maximum atomic E-state index is 11.1. The largest absolute Gasteiger partial charge is 0.378 e. The number of para-hydroxylation sites is 2. The average molecular weight is 499 g/mol. The Kier molecular flexibility index (Phi) is 8.03. The maximum absolute atomic E-state index is 11.1. The average Bonchev–Trinajstić information content (AvgIpc) is 3.31. The highest BCUT2D eigenvalue weighted by Gasteiger charge is 2.26. The number of rotatable bonds is 6. The number of anilines is 1. The van der Waals surface area contributed by atoms with Crippen LogP contribution < -0.4 is 10.6 Å². The van der Waals surface area contributed by atoms with Crippen molar-refractivity contribution in [2.24, 2.45) is 12.0 Å². The van der Waals surface area contributed by atoms with Crippen LogP contribution in [-0.4, -0.2) is 58.8 Å². The summed E-state index contributed by atoms with van der Waals surface area (Å²) in [6.07, 6.45) is 5.07. The van der Waals surface area contributed by atoms with Crippen molar-refractivity contribution in [1.29, 1.82) is 0 Å². The third-order valence-electron chi connectivity index (χ3n) is 4.72. The van der Waals surface area contributed by atoms with Gasteiger partial charge < -0.3 is 15.5 Å². The number of hydrogen-bond donors (Lipinski definition) is 2. The number of nitro groups is 1. The van der Waals surface area contributed by atoms with Crippen LogP contribution >= 0.6 is 24.0 Å². The summed E-state index contributed by atoms with van der Waals surface area (Å²) in [5, 5.41) is 21.8. The third-order valence-corrected chi connectivity index (χ3v) is 4.72. The van der Waals surface area contributed by atoms with E-state index in [-0.39, 0.29) is 34.6 Å². The number of nitro benzene ring substituents is 1. The Balaban J connectivity index is 0.00000280. The quantitative estimate of drug-likeness (QED) is 0.158. The molecule has 1 fully saturated rings. The topological polar surface area (TPSA) is 101 Å². The van der Waals surface area contributed by atoms with E-state index in [1.54, 1.807) is 25.2 Å². The van der Waals surface area contributed by atoms with E-state index in [0.717, 1.165) is 25.5 Å². The number of aliphatic imine (C=N–C) groups is 1. The van der Waals surface area contributed by atoms with Gasteiger partial charge in [-0.3, -0.25) is 19.8 Å². The minimum Gasteiger partial charge on any atom is -0.378 e. The van der Waals surface area contributed by atoms with E-state index in [0.29, 0.717) is 24.7 Å². The number of likely N-dealkylation sites (tertiary alicyclic amines) is 1. The molecular formula is C18H26IN7O2. The molecule has 1 aliphatic rings. The molecule has 1 atom stereocenters. The van der Waals surface area contributed by atoms with Crippen molar-refractivity contribution in [2.45, 2.75) is 12.3 Å². The lowest BCUT2D eigenvalue weighted by molar-refractivity contribution is -0.384. The molecule has 2 N–H and O–H groups in total. The molecule has 0 amide bonds. The van der Waals surface area contributed by atoms with Crippen LogP contribution in [0.1, 0.15) is 17.9 Å². The molecule has 0 radical (unpaired) electrons. The molecule has 1 aromatic carbocycles. The van der Waals surface area contributed by atoms with Crippen molar-refractivity contribution < 1.29 is 4.92 Å². The number of benzene rings is 1. The molecule has 28 heavy (non-hydrogen) atoms. The third kappa shape index (κ3) is 5.33. The first-order valence-corrected chi connectivity index (χ1v) is 9.00. The second-order valence-corrected chi connectivity index (χ2v) is 6.55. The molecule has 9 nitrogen and oxygen atoms in total. The summed E-state index contributed by atoms with van der Waals surface area (Å²) >= 11 is 0. The van der Waals surface area contributed by atoms with Crippen LogP contribution in [0.15, 0.2) is 41.7 Å². The zero-order valence-corrected chi connectivity index (χ0v) is 18.4. The van der Waals surface area contributed by atoms with Gasteiger partial charge in [0.1, 0.15) is 5.69 Å². The number of nitrogens with zero attached hydrogens (tertiary/aromatic N) is 5. The van der Waals surface area contributed by atoms with E-state index >= 15 is 0 Å². The van der Waals surface area contributed by atoms with Crippen LogP contribution in [0.5, 0.6) is 0 Å². The molecule has 1 saturated heterocycles. The van der Waals surface area contributed by atoms with Gasteiger partial charge >= 0.3 is 0 Å². The van der Waals surface area contributed by atoms with Gasteiger partial charge in [0.15, 0.2) is 5.96 Å². The maximum Gasteiger partial charge on any atom is 0.292 e. The van der Waals surface area contributed by atoms with Crippen molar-refractivity contribution in [3.63, 3.8) is 0 Å². The SMILES string of the molecule is CN=C(NCCNc1ccccc1[N+](=O)[O-])N1CCC(c2cnn(C)c2)C1.I. The minimum absolute atomic E-state index is 0. The second-order valence-electron chi connectivity index (χ2n) is 6.55. The standard InChI is InChI=1S/C18H25N7O2.HI/c1-19-18(24-10-7-14(13-24)15-11-22-23(2)12-15)21-9-8-20-16-5-3-4-6-17(16)25(26)27;/h3-6,11-12,14,20H,7-10,13H2,1-2H3,(H,19,21);1H. The molecule has 10 heteroatoms. The van der Waals surface area contributed by atoms with Crippen LogP contribution in [0.25, 0.3) is 0 Å². The number of hydrogen-bond acceptors (Lipinski definition) is 5. The molecule has 1 aromatic heterocycles. The Morgan fingerprint density at radius 3 is 2.86 bits per heavy atom. The lowest BCUT2D eigenvalue weighted by Gasteiger charge is -2.21. The number of aromatic nitrogens is 2. The molecule has 3 rings (SSSR count). The van der Waals surface area contributed by atoms with E-state index in [9.17, 15) is 10.1 Å². The van der Waals surface area contributed by atoms with E-state index in [4.69, 9.17) is 0 Å². The van der Waals surface area contributed by atoms with Crippen LogP contribution in [0.3, 0.4) is 0 Å². The van der Waals surface area contributed by atoms with E-state index in [1.165, 1.54) is 11.6 Å².